The molecule has 0 aromatic rings. The fourth-order valence-corrected chi connectivity index (χ4v) is 2.00. The number of carbonyl (C=O) groups is 1. The summed E-state index contributed by atoms with van der Waals surface area (Å²) < 4.78 is 0. The van der Waals surface area contributed by atoms with E-state index in [2.05, 4.69) is 17.1 Å². The molecule has 4 heteroatoms. The van der Waals surface area contributed by atoms with Gasteiger partial charge in [-0.25, -0.2) is 0 Å². The Morgan fingerprint density at radius 1 is 1.50 bits per heavy atom. The van der Waals surface area contributed by atoms with E-state index in [1.165, 1.54) is 12.8 Å². The van der Waals surface area contributed by atoms with Crippen molar-refractivity contribution < 1.29 is 4.79 Å². The molecule has 1 fully saturated rings. The zero-order valence-electron chi connectivity index (χ0n) is 10.5. The fraction of sp³-hybridized carbons (Fsp3) is 0.917. The van der Waals surface area contributed by atoms with Crippen molar-refractivity contribution in [3.63, 3.8) is 0 Å². The lowest BCUT2D eigenvalue weighted by Gasteiger charge is -2.26. The Kier molecular flexibility index (Phi) is 5.77. The number of nitrogens with two attached hydrogens (primary N) is 1. The monoisotopic (exact) mass is 227 g/mol. The molecule has 0 radical (unpaired) electrons. The maximum atomic E-state index is 11.3. The molecule has 16 heavy (non-hydrogen) atoms. The summed E-state index contributed by atoms with van der Waals surface area (Å²) in [5.74, 6) is 0.625. The van der Waals surface area contributed by atoms with Crippen molar-refractivity contribution in [2.45, 2.75) is 39.2 Å². The highest BCUT2D eigenvalue weighted by Gasteiger charge is 2.26. The molecule has 0 aromatic heterocycles. The number of nitrogens with one attached hydrogen (secondary N) is 1. The van der Waals surface area contributed by atoms with Crippen LogP contribution in [-0.4, -0.2) is 43.0 Å². The van der Waals surface area contributed by atoms with E-state index < -0.39 is 0 Å². The number of hydrogen-bond donors (Lipinski definition) is 2. The summed E-state index contributed by atoms with van der Waals surface area (Å²) in [4.78, 5) is 13.6. The Hall–Kier alpha value is -0.610. The zero-order valence-corrected chi connectivity index (χ0v) is 10.5. The fourth-order valence-electron chi connectivity index (χ4n) is 2.00. The van der Waals surface area contributed by atoms with Crippen molar-refractivity contribution in [3.05, 3.63) is 0 Å². The third kappa shape index (κ3) is 4.94. The van der Waals surface area contributed by atoms with Gasteiger partial charge in [0.2, 0.25) is 5.91 Å². The van der Waals surface area contributed by atoms with Crippen molar-refractivity contribution in [1.82, 2.24) is 10.2 Å². The molecule has 94 valence electrons. The molecular formula is C12H25N3O. The van der Waals surface area contributed by atoms with Gasteiger partial charge in [0.1, 0.15) is 0 Å². The van der Waals surface area contributed by atoms with Crippen LogP contribution in [-0.2, 0) is 4.79 Å². The first kappa shape index (κ1) is 13.5. The van der Waals surface area contributed by atoms with Crippen LogP contribution in [0.1, 0.15) is 33.1 Å². The third-order valence-electron chi connectivity index (χ3n) is 2.99. The van der Waals surface area contributed by atoms with Gasteiger partial charge in [0.05, 0.1) is 6.04 Å². The van der Waals surface area contributed by atoms with Crippen LogP contribution in [0.25, 0.3) is 0 Å². The SMILES string of the molecule is CCCN(CC1CC1)CC(NCC)C(N)=O. The number of primary amides is 1. The highest BCUT2D eigenvalue weighted by Crippen LogP contribution is 2.29. The standard InChI is InChI=1S/C12H25N3O/c1-3-7-15(8-10-5-6-10)9-11(12(13)16)14-4-2/h10-11,14H,3-9H2,1-2H3,(H2,13,16). The summed E-state index contributed by atoms with van der Waals surface area (Å²) in [5.41, 5.74) is 5.39. The number of nitrogens with zero attached hydrogens (tertiary/aromatic N) is 1. The van der Waals surface area contributed by atoms with E-state index in [4.69, 9.17) is 5.73 Å². The van der Waals surface area contributed by atoms with Crippen LogP contribution >= 0.6 is 0 Å². The molecule has 0 aromatic carbocycles. The van der Waals surface area contributed by atoms with E-state index >= 15 is 0 Å². The Bertz CT molecular complexity index is 216. The van der Waals surface area contributed by atoms with Crippen LogP contribution < -0.4 is 11.1 Å². The number of carbonyl (C=O) groups excluding carboxylic acids is 1. The molecule has 3 N–H and O–H groups in total. The molecule has 1 atom stereocenters. The zero-order chi connectivity index (χ0) is 12.0. The number of rotatable bonds is 9. The molecule has 0 heterocycles. The maximum absolute atomic E-state index is 11.3. The van der Waals surface area contributed by atoms with Gasteiger partial charge in [-0.05, 0) is 38.3 Å². The van der Waals surface area contributed by atoms with Gasteiger partial charge in [0.25, 0.3) is 0 Å². The Morgan fingerprint density at radius 3 is 2.62 bits per heavy atom. The molecule has 1 rings (SSSR count). The van der Waals surface area contributed by atoms with Crippen LogP contribution in [0.15, 0.2) is 0 Å². The minimum Gasteiger partial charge on any atom is -0.368 e. The lowest BCUT2D eigenvalue weighted by molar-refractivity contribution is -0.120. The maximum Gasteiger partial charge on any atom is 0.235 e. The Labute approximate surface area is 98.6 Å². The van der Waals surface area contributed by atoms with Crippen molar-refractivity contribution in [1.29, 1.82) is 0 Å². The van der Waals surface area contributed by atoms with E-state index in [1.807, 2.05) is 6.92 Å². The molecule has 0 bridgehead atoms. The van der Waals surface area contributed by atoms with Crippen LogP contribution in [0.5, 0.6) is 0 Å². The van der Waals surface area contributed by atoms with E-state index in [0.717, 1.165) is 38.5 Å². The molecule has 1 aliphatic rings. The largest absolute Gasteiger partial charge is 0.368 e. The van der Waals surface area contributed by atoms with Crippen molar-refractivity contribution in [2.24, 2.45) is 11.7 Å². The molecule has 1 unspecified atom stereocenters. The molecule has 1 aliphatic carbocycles. The van der Waals surface area contributed by atoms with Crippen LogP contribution in [0.4, 0.5) is 0 Å². The van der Waals surface area contributed by atoms with E-state index in [-0.39, 0.29) is 11.9 Å². The predicted molar refractivity (Wildman–Crippen MR) is 66.1 cm³/mol. The molecule has 0 aliphatic heterocycles. The summed E-state index contributed by atoms with van der Waals surface area (Å²) in [5, 5.41) is 3.15. The first-order valence-corrected chi connectivity index (χ1v) is 6.42. The van der Waals surface area contributed by atoms with Gasteiger partial charge in [-0.2, -0.15) is 0 Å². The molecular weight excluding hydrogens is 202 g/mol. The van der Waals surface area contributed by atoms with Gasteiger partial charge in [-0.15, -0.1) is 0 Å². The topological polar surface area (TPSA) is 58.4 Å². The number of amides is 1. The van der Waals surface area contributed by atoms with Crippen molar-refractivity contribution in [2.75, 3.05) is 26.2 Å². The first-order valence-electron chi connectivity index (χ1n) is 6.42. The predicted octanol–water partition coefficient (Wildman–Crippen LogP) is 0.572. The van der Waals surface area contributed by atoms with Crippen molar-refractivity contribution in [3.8, 4) is 0 Å². The second-order valence-electron chi connectivity index (χ2n) is 4.72. The average Bonchev–Trinajstić information content (AvgIpc) is 3.01. The second-order valence-corrected chi connectivity index (χ2v) is 4.72. The quantitative estimate of drug-likeness (QED) is 0.605. The normalized spacial score (nSPS) is 17.7. The highest BCUT2D eigenvalue weighted by atomic mass is 16.1. The van der Waals surface area contributed by atoms with Crippen LogP contribution in [0.2, 0.25) is 0 Å². The van der Waals surface area contributed by atoms with Gasteiger partial charge in [0.15, 0.2) is 0 Å². The molecule has 0 spiro atoms. The molecule has 1 saturated carbocycles. The van der Waals surface area contributed by atoms with E-state index in [1.54, 1.807) is 0 Å². The number of likely N-dealkylation sites (N-methyl/N-ethyl adjacent to an activating group) is 1. The lowest BCUT2D eigenvalue weighted by Crippen LogP contribution is -2.49. The molecule has 0 saturated heterocycles. The molecule has 1 amide bonds. The minimum absolute atomic E-state index is 0.199. The van der Waals surface area contributed by atoms with Crippen LogP contribution in [0.3, 0.4) is 0 Å². The summed E-state index contributed by atoms with van der Waals surface area (Å²) in [6.45, 7) is 7.91. The van der Waals surface area contributed by atoms with Crippen molar-refractivity contribution >= 4 is 5.91 Å². The Balaban J connectivity index is 2.38. The average molecular weight is 227 g/mol. The summed E-state index contributed by atoms with van der Waals surface area (Å²) in [6, 6.07) is -0.199. The van der Waals surface area contributed by atoms with Gasteiger partial charge >= 0.3 is 0 Å². The number of hydrogen-bond acceptors (Lipinski definition) is 3. The second kappa shape index (κ2) is 6.86. The summed E-state index contributed by atoms with van der Waals surface area (Å²) >= 11 is 0. The minimum atomic E-state index is -0.237. The summed E-state index contributed by atoms with van der Waals surface area (Å²) in [7, 11) is 0. The Morgan fingerprint density at radius 2 is 2.19 bits per heavy atom. The highest BCUT2D eigenvalue weighted by molar-refractivity contribution is 5.80. The van der Waals surface area contributed by atoms with Gasteiger partial charge in [-0.3, -0.25) is 4.79 Å². The smallest absolute Gasteiger partial charge is 0.235 e. The third-order valence-corrected chi connectivity index (χ3v) is 2.99. The van der Waals surface area contributed by atoms with Gasteiger partial charge < -0.3 is 16.0 Å². The van der Waals surface area contributed by atoms with Gasteiger partial charge in [0, 0.05) is 13.1 Å². The summed E-state index contributed by atoms with van der Waals surface area (Å²) in [6.07, 6.45) is 3.83. The van der Waals surface area contributed by atoms with Crippen LogP contribution in [0, 0.1) is 5.92 Å². The first-order chi connectivity index (χ1) is 7.67. The molecule has 4 nitrogen and oxygen atoms in total. The van der Waals surface area contributed by atoms with E-state index in [0.29, 0.717) is 0 Å². The van der Waals surface area contributed by atoms with Gasteiger partial charge in [-0.1, -0.05) is 13.8 Å². The van der Waals surface area contributed by atoms with E-state index in [9.17, 15) is 4.79 Å². The lowest BCUT2D eigenvalue weighted by atomic mass is 10.2.